The van der Waals surface area contributed by atoms with Crippen LogP contribution in [0.1, 0.15) is 24.9 Å². The number of halogens is 1. The number of benzene rings is 1. The van der Waals surface area contributed by atoms with Crippen molar-refractivity contribution in [1.82, 2.24) is 5.32 Å². The number of nitrogens with two attached hydrogens (primary N) is 1. The summed E-state index contributed by atoms with van der Waals surface area (Å²) in [5.74, 6) is -0.901. The molecule has 3 atom stereocenters. The van der Waals surface area contributed by atoms with Crippen molar-refractivity contribution in [2.24, 2.45) is 17.6 Å². The fraction of sp³-hybridized carbons (Fsp3) is 0.385. The number of carbonyl (C=O) groups excluding carboxylic acids is 2. The lowest BCUT2D eigenvalue weighted by molar-refractivity contribution is -0.128. The van der Waals surface area contributed by atoms with Crippen molar-refractivity contribution < 1.29 is 14.0 Å². The number of nitrogens with one attached hydrogen (secondary N) is 1. The first kappa shape index (κ1) is 12.5. The minimum atomic E-state index is -0.897. The van der Waals surface area contributed by atoms with E-state index in [4.69, 9.17) is 5.73 Å². The maximum absolute atomic E-state index is 12.8. The van der Waals surface area contributed by atoms with Gasteiger partial charge < -0.3 is 11.1 Å². The minimum Gasteiger partial charge on any atom is -0.368 e. The van der Waals surface area contributed by atoms with Crippen LogP contribution < -0.4 is 11.1 Å². The first-order valence-electron chi connectivity index (χ1n) is 5.84. The molecule has 1 saturated carbocycles. The van der Waals surface area contributed by atoms with Crippen LogP contribution in [0.3, 0.4) is 0 Å². The summed E-state index contributed by atoms with van der Waals surface area (Å²) in [6.07, 6.45) is 0.834. The van der Waals surface area contributed by atoms with Crippen LogP contribution >= 0.6 is 0 Å². The van der Waals surface area contributed by atoms with Gasteiger partial charge in [0.05, 0.1) is 0 Å². The van der Waals surface area contributed by atoms with Crippen molar-refractivity contribution in [1.29, 1.82) is 0 Å². The third kappa shape index (κ3) is 2.67. The number of primary amides is 1. The van der Waals surface area contributed by atoms with E-state index in [1.165, 1.54) is 24.3 Å². The maximum atomic E-state index is 12.8. The standard InChI is InChI=1S/C13H15FN2O2/c1-7-6-10(7)13(18)16-11(12(15)17)8-2-4-9(14)5-3-8/h2-5,7,10-11H,6H2,1H3,(H2,15,17)(H,16,18)/t7-,10-,11-/m1/s1. The molecule has 3 N–H and O–H groups in total. The van der Waals surface area contributed by atoms with E-state index in [1.807, 2.05) is 6.92 Å². The lowest BCUT2D eigenvalue weighted by atomic mass is 10.1. The van der Waals surface area contributed by atoms with Gasteiger partial charge in [-0.1, -0.05) is 19.1 Å². The maximum Gasteiger partial charge on any atom is 0.244 e. The molecule has 0 radical (unpaired) electrons. The van der Waals surface area contributed by atoms with Gasteiger partial charge in [-0.3, -0.25) is 9.59 Å². The summed E-state index contributed by atoms with van der Waals surface area (Å²) in [6.45, 7) is 1.97. The zero-order chi connectivity index (χ0) is 13.3. The van der Waals surface area contributed by atoms with Gasteiger partial charge in [-0.15, -0.1) is 0 Å². The van der Waals surface area contributed by atoms with Crippen LogP contribution in [0, 0.1) is 17.7 Å². The normalized spacial score (nSPS) is 23.2. The van der Waals surface area contributed by atoms with Crippen LogP contribution in [0.5, 0.6) is 0 Å². The average molecular weight is 250 g/mol. The van der Waals surface area contributed by atoms with Gasteiger partial charge in [0.25, 0.3) is 0 Å². The highest BCUT2D eigenvalue weighted by atomic mass is 19.1. The third-order valence-corrected chi connectivity index (χ3v) is 3.22. The predicted octanol–water partition coefficient (Wildman–Crippen LogP) is 1.12. The van der Waals surface area contributed by atoms with E-state index in [0.29, 0.717) is 11.5 Å². The van der Waals surface area contributed by atoms with Gasteiger partial charge >= 0.3 is 0 Å². The molecule has 1 aliphatic rings. The molecule has 0 aromatic heterocycles. The number of rotatable bonds is 4. The number of amides is 2. The van der Waals surface area contributed by atoms with E-state index in [1.54, 1.807) is 0 Å². The lowest BCUT2D eigenvalue weighted by Gasteiger charge is -2.15. The van der Waals surface area contributed by atoms with Crippen LogP contribution in [0.4, 0.5) is 4.39 Å². The molecule has 2 rings (SSSR count). The Morgan fingerprint density at radius 3 is 2.39 bits per heavy atom. The van der Waals surface area contributed by atoms with Crippen LogP contribution in [0.15, 0.2) is 24.3 Å². The topological polar surface area (TPSA) is 72.2 Å². The molecule has 0 heterocycles. The molecule has 5 heteroatoms. The number of hydrogen-bond acceptors (Lipinski definition) is 2. The second kappa shape index (κ2) is 4.76. The van der Waals surface area contributed by atoms with E-state index < -0.39 is 17.8 Å². The first-order valence-corrected chi connectivity index (χ1v) is 5.84. The molecule has 18 heavy (non-hydrogen) atoms. The van der Waals surface area contributed by atoms with E-state index in [9.17, 15) is 14.0 Å². The van der Waals surface area contributed by atoms with E-state index >= 15 is 0 Å². The van der Waals surface area contributed by atoms with Crippen molar-refractivity contribution in [2.45, 2.75) is 19.4 Å². The fourth-order valence-electron chi connectivity index (χ4n) is 1.91. The summed E-state index contributed by atoms with van der Waals surface area (Å²) < 4.78 is 12.8. The number of hydrogen-bond donors (Lipinski definition) is 2. The molecule has 1 aromatic rings. The Labute approximate surface area is 104 Å². The Morgan fingerprint density at radius 2 is 1.94 bits per heavy atom. The SMILES string of the molecule is C[C@@H]1C[C@H]1C(=O)N[C@@H](C(N)=O)c1ccc(F)cc1. The molecule has 0 spiro atoms. The molecule has 1 aliphatic carbocycles. The molecule has 96 valence electrons. The van der Waals surface area contributed by atoms with Crippen molar-refractivity contribution in [3.05, 3.63) is 35.6 Å². The van der Waals surface area contributed by atoms with Crippen LogP contribution in [-0.4, -0.2) is 11.8 Å². The van der Waals surface area contributed by atoms with Crippen molar-refractivity contribution in [2.75, 3.05) is 0 Å². The average Bonchev–Trinajstić information content (AvgIpc) is 3.04. The highest BCUT2D eigenvalue weighted by Gasteiger charge is 2.40. The van der Waals surface area contributed by atoms with Gasteiger partial charge in [0.2, 0.25) is 11.8 Å². The fourth-order valence-corrected chi connectivity index (χ4v) is 1.91. The molecule has 0 saturated heterocycles. The predicted molar refractivity (Wildman–Crippen MR) is 63.7 cm³/mol. The Balaban J connectivity index is 2.11. The molecular formula is C13H15FN2O2. The van der Waals surface area contributed by atoms with E-state index in [2.05, 4.69) is 5.32 Å². The molecule has 0 unspecified atom stereocenters. The quantitative estimate of drug-likeness (QED) is 0.840. The Bertz CT molecular complexity index is 472. The lowest BCUT2D eigenvalue weighted by Crippen LogP contribution is -2.38. The molecule has 2 amide bonds. The smallest absolute Gasteiger partial charge is 0.244 e. The summed E-state index contributed by atoms with van der Waals surface area (Å²) in [7, 11) is 0. The van der Waals surface area contributed by atoms with Gasteiger partial charge in [0.1, 0.15) is 11.9 Å². The highest BCUT2D eigenvalue weighted by molar-refractivity contribution is 5.89. The van der Waals surface area contributed by atoms with Gasteiger partial charge in [0.15, 0.2) is 0 Å². The summed E-state index contributed by atoms with van der Waals surface area (Å²) in [4.78, 5) is 23.1. The molecule has 0 bridgehead atoms. The third-order valence-electron chi connectivity index (χ3n) is 3.22. The summed E-state index contributed by atoms with van der Waals surface area (Å²) >= 11 is 0. The molecule has 0 aliphatic heterocycles. The highest BCUT2D eigenvalue weighted by Crippen LogP contribution is 2.38. The van der Waals surface area contributed by atoms with Crippen LogP contribution in [0.2, 0.25) is 0 Å². The molecular weight excluding hydrogens is 235 g/mol. The van der Waals surface area contributed by atoms with Gasteiger partial charge in [0, 0.05) is 5.92 Å². The summed E-state index contributed by atoms with van der Waals surface area (Å²) in [5, 5.41) is 2.61. The summed E-state index contributed by atoms with van der Waals surface area (Å²) in [6, 6.07) is 4.46. The Kier molecular flexibility index (Phi) is 3.32. The summed E-state index contributed by atoms with van der Waals surface area (Å²) in [5.41, 5.74) is 5.75. The zero-order valence-corrected chi connectivity index (χ0v) is 10.0. The number of carbonyl (C=O) groups is 2. The van der Waals surface area contributed by atoms with Crippen molar-refractivity contribution in [3.63, 3.8) is 0 Å². The van der Waals surface area contributed by atoms with Gasteiger partial charge in [-0.25, -0.2) is 4.39 Å². The van der Waals surface area contributed by atoms with Crippen molar-refractivity contribution >= 4 is 11.8 Å². The minimum absolute atomic E-state index is 0.0349. The molecule has 1 fully saturated rings. The van der Waals surface area contributed by atoms with Gasteiger partial charge in [-0.2, -0.15) is 0 Å². The second-order valence-corrected chi connectivity index (χ2v) is 4.72. The van der Waals surface area contributed by atoms with E-state index in [-0.39, 0.29) is 11.8 Å². The molecule has 4 nitrogen and oxygen atoms in total. The zero-order valence-electron chi connectivity index (χ0n) is 10.0. The van der Waals surface area contributed by atoms with Crippen LogP contribution in [0.25, 0.3) is 0 Å². The molecule has 1 aromatic carbocycles. The monoisotopic (exact) mass is 250 g/mol. The second-order valence-electron chi connectivity index (χ2n) is 4.72. The first-order chi connectivity index (χ1) is 8.49. The van der Waals surface area contributed by atoms with Gasteiger partial charge in [-0.05, 0) is 30.0 Å². The Morgan fingerprint density at radius 1 is 1.39 bits per heavy atom. The largest absolute Gasteiger partial charge is 0.368 e. The van der Waals surface area contributed by atoms with E-state index in [0.717, 1.165) is 6.42 Å². The van der Waals surface area contributed by atoms with Crippen molar-refractivity contribution in [3.8, 4) is 0 Å². The van der Waals surface area contributed by atoms with Crippen LogP contribution in [-0.2, 0) is 9.59 Å². The Hall–Kier alpha value is -1.91.